The zero-order valence-electron chi connectivity index (χ0n) is 15.9. The molecule has 1 saturated heterocycles. The van der Waals surface area contributed by atoms with Crippen molar-refractivity contribution in [2.24, 2.45) is 5.92 Å². The van der Waals surface area contributed by atoms with Crippen LogP contribution in [0.3, 0.4) is 0 Å². The van der Waals surface area contributed by atoms with Gasteiger partial charge in [0.2, 0.25) is 15.9 Å². The van der Waals surface area contributed by atoms with Gasteiger partial charge < -0.3 is 4.90 Å². The van der Waals surface area contributed by atoms with Crippen molar-refractivity contribution in [1.82, 2.24) is 18.0 Å². The molecule has 7 nitrogen and oxygen atoms in total. The van der Waals surface area contributed by atoms with Crippen LogP contribution in [0, 0.1) is 11.7 Å². The summed E-state index contributed by atoms with van der Waals surface area (Å²) in [5.41, 5.74) is 1.52. The summed E-state index contributed by atoms with van der Waals surface area (Å²) in [7, 11) is -3.72. The molecular formula is C20H19FN4O3S2. The average Bonchev–Trinajstić information content (AvgIpc) is 3.40. The molecule has 2 atom stereocenters. The molecule has 2 heterocycles. The average molecular weight is 447 g/mol. The van der Waals surface area contributed by atoms with Crippen molar-refractivity contribution in [2.75, 3.05) is 26.2 Å². The smallest absolute Gasteiger partial charge is 0.245 e. The molecule has 1 aliphatic heterocycles. The van der Waals surface area contributed by atoms with E-state index in [-0.39, 0.29) is 41.5 Å². The third-order valence-electron chi connectivity index (χ3n) is 5.83. The first-order valence-corrected chi connectivity index (χ1v) is 11.9. The van der Waals surface area contributed by atoms with Crippen molar-refractivity contribution in [3.8, 4) is 0 Å². The minimum absolute atomic E-state index is 0.0221. The van der Waals surface area contributed by atoms with Gasteiger partial charge in [-0.1, -0.05) is 24.3 Å². The monoisotopic (exact) mass is 446 g/mol. The minimum Gasteiger partial charge on any atom is -0.340 e. The number of sulfonamides is 1. The van der Waals surface area contributed by atoms with Crippen LogP contribution >= 0.6 is 11.7 Å². The summed E-state index contributed by atoms with van der Waals surface area (Å²) < 4.78 is 49.8. The van der Waals surface area contributed by atoms with E-state index in [2.05, 4.69) is 8.75 Å². The Balaban J connectivity index is 1.26. The molecule has 2 unspecified atom stereocenters. The van der Waals surface area contributed by atoms with E-state index >= 15 is 0 Å². The fraction of sp³-hybridized carbons (Fsp3) is 0.350. The zero-order chi connectivity index (χ0) is 20.9. The van der Waals surface area contributed by atoms with Crippen molar-refractivity contribution in [3.63, 3.8) is 0 Å². The predicted molar refractivity (Wildman–Crippen MR) is 110 cm³/mol. The summed E-state index contributed by atoms with van der Waals surface area (Å²) in [5, 5.41) is 0. The number of halogens is 1. The predicted octanol–water partition coefficient (Wildman–Crippen LogP) is 2.47. The van der Waals surface area contributed by atoms with Crippen molar-refractivity contribution in [2.45, 2.75) is 17.2 Å². The van der Waals surface area contributed by atoms with Crippen LogP contribution in [0.25, 0.3) is 11.0 Å². The second-order valence-corrected chi connectivity index (χ2v) is 10.0. The van der Waals surface area contributed by atoms with Crippen molar-refractivity contribution >= 4 is 38.7 Å². The molecule has 0 N–H and O–H groups in total. The molecule has 5 rings (SSSR count). The molecule has 1 aliphatic carbocycles. The summed E-state index contributed by atoms with van der Waals surface area (Å²) in [4.78, 5) is 14.7. The summed E-state index contributed by atoms with van der Waals surface area (Å²) in [5.74, 6) is -0.611. The van der Waals surface area contributed by atoms with Gasteiger partial charge in [-0.25, -0.2) is 12.8 Å². The van der Waals surface area contributed by atoms with Crippen LogP contribution in [0.1, 0.15) is 17.9 Å². The molecule has 2 aliphatic rings. The van der Waals surface area contributed by atoms with Crippen LogP contribution in [0.4, 0.5) is 4.39 Å². The highest BCUT2D eigenvalue weighted by atomic mass is 32.2. The number of carbonyl (C=O) groups excluding carboxylic acids is 1. The maximum Gasteiger partial charge on any atom is 0.245 e. The Morgan fingerprint density at radius 2 is 1.80 bits per heavy atom. The zero-order valence-corrected chi connectivity index (χ0v) is 17.6. The highest BCUT2D eigenvalue weighted by Crippen LogP contribution is 2.49. The van der Waals surface area contributed by atoms with Gasteiger partial charge in [-0.2, -0.15) is 13.1 Å². The van der Waals surface area contributed by atoms with Crippen molar-refractivity contribution in [3.05, 3.63) is 53.8 Å². The Kier molecular flexibility index (Phi) is 4.79. The second-order valence-electron chi connectivity index (χ2n) is 7.59. The number of fused-ring (bicyclic) bond motifs is 1. The number of hydrogen-bond acceptors (Lipinski definition) is 6. The fourth-order valence-corrected chi connectivity index (χ4v) is 6.27. The molecule has 1 aromatic heterocycles. The summed E-state index contributed by atoms with van der Waals surface area (Å²) in [6.45, 7) is 1.09. The van der Waals surface area contributed by atoms with Crippen molar-refractivity contribution < 1.29 is 17.6 Å². The molecule has 1 amide bonds. The molecule has 2 fully saturated rings. The first kappa shape index (κ1) is 19.5. The van der Waals surface area contributed by atoms with Gasteiger partial charge in [-0.15, -0.1) is 0 Å². The van der Waals surface area contributed by atoms with E-state index in [0.29, 0.717) is 36.1 Å². The van der Waals surface area contributed by atoms with E-state index in [9.17, 15) is 17.6 Å². The number of carbonyl (C=O) groups is 1. The highest BCUT2D eigenvalue weighted by molar-refractivity contribution is 7.89. The molecule has 0 radical (unpaired) electrons. The van der Waals surface area contributed by atoms with E-state index in [0.717, 1.165) is 11.7 Å². The number of amides is 1. The summed E-state index contributed by atoms with van der Waals surface area (Å²) in [6.07, 6.45) is 0.636. The second kappa shape index (κ2) is 7.36. The first-order chi connectivity index (χ1) is 14.5. The van der Waals surface area contributed by atoms with Gasteiger partial charge in [0.15, 0.2) is 0 Å². The molecule has 3 aromatic rings. The van der Waals surface area contributed by atoms with Crippen LogP contribution in [-0.2, 0) is 14.8 Å². The molecule has 156 valence electrons. The third kappa shape index (κ3) is 3.28. The topological polar surface area (TPSA) is 83.5 Å². The Hall–Kier alpha value is -2.43. The Morgan fingerprint density at radius 3 is 2.57 bits per heavy atom. The quantitative estimate of drug-likeness (QED) is 0.615. The number of nitrogens with zero attached hydrogens (tertiary/aromatic N) is 4. The SMILES string of the molecule is O=C(C1CC1c1ccccc1F)N1CCN(S(=O)(=O)c2cccc3nsnc23)CC1. The normalized spacial score (nSPS) is 22.4. The first-order valence-electron chi connectivity index (χ1n) is 9.71. The molecule has 30 heavy (non-hydrogen) atoms. The lowest BCUT2D eigenvalue weighted by Gasteiger charge is -2.34. The Bertz CT molecular complexity index is 1220. The number of benzene rings is 2. The third-order valence-corrected chi connectivity index (χ3v) is 8.30. The lowest BCUT2D eigenvalue weighted by atomic mass is 10.1. The van der Waals surface area contributed by atoms with E-state index in [1.807, 2.05) is 0 Å². The maximum atomic E-state index is 14.0. The van der Waals surface area contributed by atoms with Crippen LogP contribution in [-0.4, -0.2) is 58.5 Å². The molecule has 10 heteroatoms. The van der Waals surface area contributed by atoms with Gasteiger partial charge in [0.1, 0.15) is 21.7 Å². The van der Waals surface area contributed by atoms with Gasteiger partial charge in [0.05, 0.1) is 11.7 Å². The molecule has 1 saturated carbocycles. The van der Waals surface area contributed by atoms with E-state index in [1.165, 1.54) is 10.4 Å². The lowest BCUT2D eigenvalue weighted by Crippen LogP contribution is -2.51. The molecular weight excluding hydrogens is 427 g/mol. The summed E-state index contributed by atoms with van der Waals surface area (Å²) >= 11 is 0.981. The van der Waals surface area contributed by atoms with Gasteiger partial charge in [-0.05, 0) is 36.1 Å². The fourth-order valence-electron chi connectivity index (χ4n) is 4.10. The molecule has 0 spiro atoms. The van der Waals surface area contributed by atoms with Gasteiger partial charge in [0, 0.05) is 32.1 Å². The summed E-state index contributed by atoms with van der Waals surface area (Å²) in [6, 6.07) is 11.5. The maximum absolute atomic E-state index is 14.0. The van der Waals surface area contributed by atoms with Crippen LogP contribution in [0.15, 0.2) is 47.4 Å². The van der Waals surface area contributed by atoms with Gasteiger partial charge in [0.25, 0.3) is 0 Å². The Labute approximate surface area is 177 Å². The van der Waals surface area contributed by atoms with E-state index in [4.69, 9.17) is 0 Å². The van der Waals surface area contributed by atoms with E-state index < -0.39 is 10.0 Å². The number of piperazine rings is 1. The molecule has 2 aromatic carbocycles. The standard InChI is InChI=1S/C20H19FN4O3S2/c21-16-5-2-1-4-13(16)14-12-15(14)20(26)24-8-10-25(11-9-24)30(27,28)18-7-3-6-17-19(18)23-29-22-17/h1-7,14-15H,8-12H2. The molecule has 0 bridgehead atoms. The lowest BCUT2D eigenvalue weighted by molar-refractivity contribution is -0.133. The number of hydrogen-bond donors (Lipinski definition) is 0. The number of aromatic nitrogens is 2. The van der Waals surface area contributed by atoms with E-state index in [1.54, 1.807) is 41.3 Å². The largest absolute Gasteiger partial charge is 0.340 e. The van der Waals surface area contributed by atoms with Gasteiger partial charge in [-0.3, -0.25) is 4.79 Å². The van der Waals surface area contributed by atoms with Crippen LogP contribution in [0.2, 0.25) is 0 Å². The highest BCUT2D eigenvalue weighted by Gasteiger charge is 2.47. The van der Waals surface area contributed by atoms with Gasteiger partial charge >= 0.3 is 0 Å². The van der Waals surface area contributed by atoms with Crippen LogP contribution in [0.5, 0.6) is 0 Å². The Morgan fingerprint density at radius 1 is 1.03 bits per heavy atom. The van der Waals surface area contributed by atoms with Crippen LogP contribution < -0.4 is 0 Å². The minimum atomic E-state index is -3.72. The number of rotatable bonds is 4. The van der Waals surface area contributed by atoms with Crippen molar-refractivity contribution in [1.29, 1.82) is 0 Å².